The van der Waals surface area contributed by atoms with Gasteiger partial charge in [-0.25, -0.2) is 0 Å². The van der Waals surface area contributed by atoms with Gasteiger partial charge in [-0.2, -0.15) is 0 Å². The molecule has 0 aliphatic carbocycles. The van der Waals surface area contributed by atoms with Crippen LogP contribution < -0.4 is 0 Å². The molecule has 1 aliphatic heterocycles. The van der Waals surface area contributed by atoms with Gasteiger partial charge in [-0.3, -0.25) is 9.69 Å². The number of fused-ring (bicyclic) bond motifs is 1. The molecule has 0 radical (unpaired) electrons. The van der Waals surface area contributed by atoms with E-state index in [9.17, 15) is 4.79 Å². The van der Waals surface area contributed by atoms with Crippen LogP contribution in [0.3, 0.4) is 0 Å². The number of aliphatic carboxylic acids is 1. The maximum absolute atomic E-state index is 10.8. The minimum atomic E-state index is -0.730. The minimum Gasteiger partial charge on any atom is -0.481 e. The average molecular weight is 367 g/mol. The molecule has 4 nitrogen and oxygen atoms in total. The van der Waals surface area contributed by atoms with Gasteiger partial charge in [0.2, 0.25) is 0 Å². The fraction of sp³-hybridized carbons (Fsp3) is 0.435. The van der Waals surface area contributed by atoms with Crippen LogP contribution in [0.15, 0.2) is 42.5 Å². The molecule has 144 valence electrons. The molecule has 0 amide bonds. The van der Waals surface area contributed by atoms with Gasteiger partial charge < -0.3 is 10.0 Å². The van der Waals surface area contributed by atoms with Gasteiger partial charge in [0.05, 0.1) is 0 Å². The van der Waals surface area contributed by atoms with Gasteiger partial charge in [0.25, 0.3) is 0 Å². The lowest BCUT2D eigenvalue weighted by atomic mass is 9.95. The molecule has 1 N–H and O–H groups in total. The molecule has 0 unspecified atom stereocenters. The Bertz CT molecular complexity index is 768. The Balaban J connectivity index is 1.55. The van der Waals surface area contributed by atoms with Crippen LogP contribution in [0, 0.1) is 0 Å². The standard InChI is InChI=1S/C23H30N2O2/c1-24(2)13-11-18-3-5-20(6-4-18)16-25-14-12-21-15-19(8-10-23(26)27)7-9-22(21)17-25/h3-7,9,15H,8,10-14,16-17H2,1-2H3,(H,26,27). The molecule has 2 aromatic rings. The Morgan fingerprint density at radius 2 is 1.70 bits per heavy atom. The number of carboxylic acids is 1. The molecule has 0 spiro atoms. The van der Waals surface area contributed by atoms with Crippen molar-refractivity contribution in [3.8, 4) is 0 Å². The average Bonchev–Trinajstić information content (AvgIpc) is 2.65. The van der Waals surface area contributed by atoms with Crippen LogP contribution in [0.2, 0.25) is 0 Å². The smallest absolute Gasteiger partial charge is 0.303 e. The van der Waals surface area contributed by atoms with Crippen molar-refractivity contribution in [1.29, 1.82) is 0 Å². The third-order valence-corrected chi connectivity index (χ3v) is 5.27. The Morgan fingerprint density at radius 1 is 1.00 bits per heavy atom. The van der Waals surface area contributed by atoms with E-state index in [2.05, 4.69) is 66.4 Å². The van der Waals surface area contributed by atoms with E-state index in [4.69, 9.17) is 5.11 Å². The second-order valence-corrected chi connectivity index (χ2v) is 7.83. The molecule has 27 heavy (non-hydrogen) atoms. The fourth-order valence-corrected chi connectivity index (χ4v) is 3.63. The van der Waals surface area contributed by atoms with E-state index in [-0.39, 0.29) is 6.42 Å². The van der Waals surface area contributed by atoms with Crippen LogP contribution in [0.5, 0.6) is 0 Å². The summed E-state index contributed by atoms with van der Waals surface area (Å²) >= 11 is 0. The molecular weight excluding hydrogens is 336 g/mol. The topological polar surface area (TPSA) is 43.8 Å². The van der Waals surface area contributed by atoms with Crippen molar-refractivity contribution in [2.45, 2.75) is 38.8 Å². The summed E-state index contributed by atoms with van der Waals surface area (Å²) in [6.07, 6.45) is 2.95. The molecule has 3 rings (SSSR count). The van der Waals surface area contributed by atoms with Crippen LogP contribution in [-0.4, -0.2) is 48.1 Å². The summed E-state index contributed by atoms with van der Waals surface area (Å²) in [7, 11) is 4.22. The maximum atomic E-state index is 10.8. The third kappa shape index (κ3) is 5.91. The molecule has 0 aromatic heterocycles. The van der Waals surface area contributed by atoms with Crippen molar-refractivity contribution in [2.75, 3.05) is 27.2 Å². The highest BCUT2D eigenvalue weighted by molar-refractivity contribution is 5.67. The highest BCUT2D eigenvalue weighted by atomic mass is 16.4. The largest absolute Gasteiger partial charge is 0.481 e. The van der Waals surface area contributed by atoms with Crippen LogP contribution in [-0.2, 0) is 37.1 Å². The van der Waals surface area contributed by atoms with E-state index >= 15 is 0 Å². The highest BCUT2D eigenvalue weighted by Gasteiger charge is 2.17. The predicted octanol–water partition coefficient (Wildman–Crippen LogP) is 3.37. The fourth-order valence-electron chi connectivity index (χ4n) is 3.63. The molecule has 4 heteroatoms. The van der Waals surface area contributed by atoms with Gasteiger partial charge in [0.1, 0.15) is 0 Å². The molecule has 1 aliphatic rings. The van der Waals surface area contributed by atoms with Crippen molar-refractivity contribution in [2.24, 2.45) is 0 Å². The summed E-state index contributed by atoms with van der Waals surface area (Å²) in [4.78, 5) is 15.5. The van der Waals surface area contributed by atoms with Crippen LogP contribution in [0.4, 0.5) is 0 Å². The number of hydrogen-bond acceptors (Lipinski definition) is 3. The van der Waals surface area contributed by atoms with Crippen molar-refractivity contribution >= 4 is 5.97 Å². The first kappa shape index (κ1) is 19.6. The number of rotatable bonds is 8. The second-order valence-electron chi connectivity index (χ2n) is 7.83. The lowest BCUT2D eigenvalue weighted by Crippen LogP contribution is -2.30. The summed E-state index contributed by atoms with van der Waals surface area (Å²) in [5.74, 6) is -0.730. The molecule has 0 saturated heterocycles. The third-order valence-electron chi connectivity index (χ3n) is 5.27. The van der Waals surface area contributed by atoms with E-state index < -0.39 is 5.97 Å². The highest BCUT2D eigenvalue weighted by Crippen LogP contribution is 2.22. The number of carboxylic acid groups (broad SMARTS) is 1. The van der Waals surface area contributed by atoms with Crippen molar-refractivity contribution in [3.05, 3.63) is 70.3 Å². The molecule has 2 aromatic carbocycles. The molecule has 0 atom stereocenters. The number of aryl methyl sites for hydroxylation is 1. The van der Waals surface area contributed by atoms with Crippen molar-refractivity contribution in [3.63, 3.8) is 0 Å². The van der Waals surface area contributed by atoms with E-state index in [0.29, 0.717) is 6.42 Å². The SMILES string of the molecule is CN(C)CCc1ccc(CN2CCc3cc(CCC(=O)O)ccc3C2)cc1. The Kier molecular flexibility index (Phi) is 6.64. The van der Waals surface area contributed by atoms with Gasteiger partial charge in [-0.1, -0.05) is 42.5 Å². The number of nitrogens with zero attached hydrogens (tertiary/aromatic N) is 2. The first-order valence-corrected chi connectivity index (χ1v) is 9.77. The quantitative estimate of drug-likeness (QED) is 0.778. The van der Waals surface area contributed by atoms with Gasteiger partial charge >= 0.3 is 5.97 Å². The molecule has 0 bridgehead atoms. The number of hydrogen-bond donors (Lipinski definition) is 1. The van der Waals surface area contributed by atoms with E-state index in [1.54, 1.807) is 0 Å². The first-order valence-electron chi connectivity index (χ1n) is 9.77. The van der Waals surface area contributed by atoms with Gasteiger partial charge in [-0.05, 0) is 61.2 Å². The lowest BCUT2D eigenvalue weighted by molar-refractivity contribution is -0.136. The molecule has 0 saturated carbocycles. The zero-order valence-corrected chi connectivity index (χ0v) is 16.4. The summed E-state index contributed by atoms with van der Waals surface area (Å²) in [5.41, 5.74) is 6.66. The van der Waals surface area contributed by atoms with Crippen molar-refractivity contribution in [1.82, 2.24) is 9.80 Å². The van der Waals surface area contributed by atoms with E-state index in [1.807, 2.05) is 0 Å². The summed E-state index contributed by atoms with van der Waals surface area (Å²) < 4.78 is 0. The normalized spacial score (nSPS) is 14.3. The Labute approximate surface area is 162 Å². The number of benzene rings is 2. The van der Waals surface area contributed by atoms with E-state index in [1.165, 1.54) is 22.3 Å². The van der Waals surface area contributed by atoms with Crippen LogP contribution in [0.25, 0.3) is 0 Å². The molecule has 0 fully saturated rings. The number of carbonyl (C=O) groups is 1. The first-order chi connectivity index (χ1) is 13.0. The zero-order chi connectivity index (χ0) is 19.2. The monoisotopic (exact) mass is 366 g/mol. The lowest BCUT2D eigenvalue weighted by Gasteiger charge is -2.29. The van der Waals surface area contributed by atoms with Gasteiger partial charge in [-0.15, -0.1) is 0 Å². The minimum absolute atomic E-state index is 0.204. The van der Waals surface area contributed by atoms with Gasteiger partial charge in [0, 0.05) is 32.6 Å². The Hall–Kier alpha value is -2.17. The molecule has 1 heterocycles. The van der Waals surface area contributed by atoms with E-state index in [0.717, 1.165) is 44.6 Å². The maximum Gasteiger partial charge on any atom is 0.303 e. The summed E-state index contributed by atoms with van der Waals surface area (Å²) in [6.45, 7) is 4.08. The predicted molar refractivity (Wildman–Crippen MR) is 109 cm³/mol. The second kappa shape index (κ2) is 9.16. The van der Waals surface area contributed by atoms with Crippen LogP contribution in [0.1, 0.15) is 34.2 Å². The van der Waals surface area contributed by atoms with Crippen molar-refractivity contribution < 1.29 is 9.90 Å². The summed E-state index contributed by atoms with van der Waals surface area (Å²) in [6, 6.07) is 15.5. The Morgan fingerprint density at radius 3 is 2.41 bits per heavy atom. The summed E-state index contributed by atoms with van der Waals surface area (Å²) in [5, 5.41) is 8.85. The zero-order valence-electron chi connectivity index (χ0n) is 16.4. The molecular formula is C23H30N2O2. The van der Waals surface area contributed by atoms with Gasteiger partial charge in [0.15, 0.2) is 0 Å². The van der Waals surface area contributed by atoms with Crippen LogP contribution >= 0.6 is 0 Å². The number of likely N-dealkylation sites (N-methyl/N-ethyl adjacent to an activating group) is 1.